The van der Waals surface area contributed by atoms with E-state index >= 15 is 0 Å². The van der Waals surface area contributed by atoms with Crippen LogP contribution in [0.25, 0.3) is 21.8 Å². The number of aryl methyl sites for hydroxylation is 1. The van der Waals surface area contributed by atoms with Gasteiger partial charge in [-0.25, -0.2) is 0 Å². The Balaban J connectivity index is 1.32. The standard InChI is InChI=1S/C26H26N4O4/c1-17-12-19-13-18(6-7-22(19)28-17)14-27-26(33)25(32)21-15-30(23-5-3-2-4-20(21)23)16-24(31)29-8-10-34-11-9-29/h2-7,12-13,15,28H,8-11,14,16H2,1H3,(H,27,33). The molecule has 2 N–H and O–H groups in total. The third-order valence-corrected chi connectivity index (χ3v) is 6.18. The lowest BCUT2D eigenvalue weighted by atomic mass is 10.1. The molecular formula is C26H26N4O4. The fourth-order valence-corrected chi connectivity index (χ4v) is 4.44. The van der Waals surface area contributed by atoms with E-state index in [1.807, 2.05) is 49.4 Å². The summed E-state index contributed by atoms with van der Waals surface area (Å²) in [7, 11) is 0. The molecule has 174 valence electrons. The second kappa shape index (κ2) is 9.15. The number of hydrogen-bond donors (Lipinski definition) is 2. The normalized spacial score (nSPS) is 14.0. The largest absolute Gasteiger partial charge is 0.378 e. The Labute approximate surface area is 196 Å². The van der Waals surface area contributed by atoms with Gasteiger partial charge in [0.1, 0.15) is 6.54 Å². The number of para-hydroxylation sites is 1. The molecule has 34 heavy (non-hydrogen) atoms. The summed E-state index contributed by atoms with van der Waals surface area (Å²) in [6.07, 6.45) is 1.61. The van der Waals surface area contributed by atoms with E-state index in [1.54, 1.807) is 21.7 Å². The molecule has 0 spiro atoms. The van der Waals surface area contributed by atoms with Crippen LogP contribution >= 0.6 is 0 Å². The van der Waals surface area contributed by atoms with Gasteiger partial charge < -0.3 is 24.5 Å². The minimum Gasteiger partial charge on any atom is -0.378 e. The topological polar surface area (TPSA) is 96.4 Å². The average Bonchev–Trinajstić information content (AvgIpc) is 3.41. The van der Waals surface area contributed by atoms with Crippen LogP contribution in [0.5, 0.6) is 0 Å². The van der Waals surface area contributed by atoms with Crippen LogP contribution in [-0.2, 0) is 27.4 Å². The predicted molar refractivity (Wildman–Crippen MR) is 129 cm³/mol. The van der Waals surface area contributed by atoms with Crippen molar-refractivity contribution in [2.75, 3.05) is 26.3 Å². The fraction of sp³-hybridized carbons (Fsp3) is 0.269. The second-order valence-corrected chi connectivity index (χ2v) is 8.57. The van der Waals surface area contributed by atoms with Gasteiger partial charge in [0, 0.05) is 47.9 Å². The molecule has 2 aromatic heterocycles. The van der Waals surface area contributed by atoms with E-state index < -0.39 is 11.7 Å². The van der Waals surface area contributed by atoms with E-state index in [1.165, 1.54) is 0 Å². The number of ether oxygens (including phenoxy) is 1. The number of fused-ring (bicyclic) bond motifs is 2. The number of morpholine rings is 1. The average molecular weight is 459 g/mol. The second-order valence-electron chi connectivity index (χ2n) is 8.57. The van der Waals surface area contributed by atoms with Crippen molar-refractivity contribution in [1.82, 2.24) is 19.8 Å². The van der Waals surface area contributed by atoms with Gasteiger partial charge in [0.2, 0.25) is 5.91 Å². The molecule has 0 aliphatic carbocycles. The third kappa shape index (κ3) is 4.32. The number of Topliss-reactive ketones (excluding diaryl/α,β-unsaturated/α-hetero) is 1. The molecule has 1 aliphatic rings. The Hall–Kier alpha value is -3.91. The third-order valence-electron chi connectivity index (χ3n) is 6.18. The van der Waals surface area contributed by atoms with Gasteiger partial charge in [-0.05, 0) is 42.1 Å². The Morgan fingerprint density at radius 3 is 2.68 bits per heavy atom. The van der Waals surface area contributed by atoms with Crippen molar-refractivity contribution >= 4 is 39.4 Å². The zero-order valence-electron chi connectivity index (χ0n) is 19.0. The lowest BCUT2D eigenvalue weighted by Gasteiger charge is -2.27. The molecule has 1 aliphatic heterocycles. The Morgan fingerprint density at radius 1 is 1.06 bits per heavy atom. The van der Waals surface area contributed by atoms with Gasteiger partial charge in [0.25, 0.3) is 11.7 Å². The van der Waals surface area contributed by atoms with Crippen molar-refractivity contribution in [2.24, 2.45) is 0 Å². The van der Waals surface area contributed by atoms with E-state index in [0.717, 1.165) is 27.7 Å². The monoisotopic (exact) mass is 458 g/mol. The van der Waals surface area contributed by atoms with Crippen molar-refractivity contribution in [2.45, 2.75) is 20.0 Å². The molecule has 2 aromatic carbocycles. The van der Waals surface area contributed by atoms with Crippen LogP contribution in [0.1, 0.15) is 21.6 Å². The molecule has 0 unspecified atom stereocenters. The van der Waals surface area contributed by atoms with Crippen LogP contribution in [0, 0.1) is 6.92 Å². The van der Waals surface area contributed by atoms with Crippen molar-refractivity contribution in [1.29, 1.82) is 0 Å². The number of carbonyl (C=O) groups excluding carboxylic acids is 3. The summed E-state index contributed by atoms with van der Waals surface area (Å²) in [5.41, 5.74) is 4.04. The number of H-pyrrole nitrogens is 1. The number of benzene rings is 2. The van der Waals surface area contributed by atoms with Crippen molar-refractivity contribution in [3.63, 3.8) is 0 Å². The van der Waals surface area contributed by atoms with E-state index in [4.69, 9.17) is 4.74 Å². The van der Waals surface area contributed by atoms with Crippen molar-refractivity contribution in [3.05, 3.63) is 71.5 Å². The number of amides is 2. The highest BCUT2D eigenvalue weighted by Crippen LogP contribution is 2.23. The number of ketones is 1. The molecule has 0 atom stereocenters. The molecular weight excluding hydrogens is 432 g/mol. The van der Waals surface area contributed by atoms with E-state index in [9.17, 15) is 14.4 Å². The van der Waals surface area contributed by atoms with E-state index in [0.29, 0.717) is 37.3 Å². The highest BCUT2D eigenvalue weighted by molar-refractivity contribution is 6.45. The Bertz CT molecular complexity index is 1390. The Kier molecular flexibility index (Phi) is 5.90. The summed E-state index contributed by atoms with van der Waals surface area (Å²) < 4.78 is 7.06. The van der Waals surface area contributed by atoms with Gasteiger partial charge in [0.15, 0.2) is 0 Å². The van der Waals surface area contributed by atoms with Gasteiger partial charge in [-0.2, -0.15) is 0 Å². The van der Waals surface area contributed by atoms with E-state index in [-0.39, 0.29) is 19.0 Å². The summed E-state index contributed by atoms with van der Waals surface area (Å²) in [4.78, 5) is 43.6. The molecule has 8 heteroatoms. The fourth-order valence-electron chi connectivity index (χ4n) is 4.44. The lowest BCUT2D eigenvalue weighted by molar-refractivity contribution is -0.135. The predicted octanol–water partition coefficient (Wildman–Crippen LogP) is 2.79. The number of aromatic nitrogens is 2. The van der Waals surface area contributed by atoms with Crippen molar-refractivity contribution < 1.29 is 19.1 Å². The molecule has 1 fully saturated rings. The van der Waals surface area contributed by atoms with Crippen molar-refractivity contribution in [3.8, 4) is 0 Å². The maximum Gasteiger partial charge on any atom is 0.292 e. The first kappa shape index (κ1) is 21.9. The number of aromatic amines is 1. The van der Waals surface area contributed by atoms with Gasteiger partial charge in [-0.3, -0.25) is 14.4 Å². The maximum absolute atomic E-state index is 13.1. The molecule has 2 amide bonds. The summed E-state index contributed by atoms with van der Waals surface area (Å²) in [6.45, 7) is 4.51. The zero-order chi connectivity index (χ0) is 23.7. The number of rotatable bonds is 6. The van der Waals surface area contributed by atoms with Gasteiger partial charge in [-0.1, -0.05) is 24.3 Å². The van der Waals surface area contributed by atoms with Crippen LogP contribution in [-0.4, -0.2) is 58.4 Å². The summed E-state index contributed by atoms with van der Waals surface area (Å²) in [5, 5.41) is 4.45. The lowest BCUT2D eigenvalue weighted by Crippen LogP contribution is -2.42. The number of nitrogens with zero attached hydrogens (tertiary/aromatic N) is 2. The van der Waals surface area contributed by atoms with E-state index in [2.05, 4.69) is 10.3 Å². The SMILES string of the molecule is Cc1cc2cc(CNC(=O)C(=O)c3cn(CC(=O)N4CCOCC4)c4ccccc34)ccc2[nH]1. The summed E-state index contributed by atoms with van der Waals surface area (Å²) in [5.74, 6) is -1.33. The zero-order valence-corrected chi connectivity index (χ0v) is 19.0. The Morgan fingerprint density at radius 2 is 1.85 bits per heavy atom. The molecule has 3 heterocycles. The van der Waals surface area contributed by atoms with Crippen LogP contribution in [0.2, 0.25) is 0 Å². The van der Waals surface area contributed by atoms with Gasteiger partial charge >= 0.3 is 0 Å². The first-order valence-corrected chi connectivity index (χ1v) is 11.3. The molecule has 8 nitrogen and oxygen atoms in total. The summed E-state index contributed by atoms with van der Waals surface area (Å²) >= 11 is 0. The van der Waals surface area contributed by atoms with Gasteiger partial charge in [-0.15, -0.1) is 0 Å². The first-order valence-electron chi connectivity index (χ1n) is 11.3. The van der Waals surface area contributed by atoms with Crippen LogP contribution in [0.4, 0.5) is 0 Å². The minimum absolute atomic E-state index is 0.0390. The number of hydrogen-bond acceptors (Lipinski definition) is 4. The number of nitrogens with one attached hydrogen (secondary N) is 2. The quantitative estimate of drug-likeness (QED) is 0.343. The highest BCUT2D eigenvalue weighted by atomic mass is 16.5. The molecule has 0 bridgehead atoms. The molecule has 1 saturated heterocycles. The van der Waals surface area contributed by atoms with Crippen LogP contribution < -0.4 is 5.32 Å². The molecule has 5 rings (SSSR count). The first-order chi connectivity index (χ1) is 16.5. The molecule has 4 aromatic rings. The van der Waals surface area contributed by atoms with Crippen LogP contribution in [0.3, 0.4) is 0 Å². The highest BCUT2D eigenvalue weighted by Gasteiger charge is 2.23. The summed E-state index contributed by atoms with van der Waals surface area (Å²) in [6, 6.07) is 15.2. The minimum atomic E-state index is -0.673. The number of carbonyl (C=O) groups is 3. The maximum atomic E-state index is 13.1. The van der Waals surface area contributed by atoms with Gasteiger partial charge in [0.05, 0.1) is 18.8 Å². The molecule has 0 radical (unpaired) electrons. The van der Waals surface area contributed by atoms with Crippen LogP contribution in [0.15, 0.2) is 54.7 Å². The smallest absolute Gasteiger partial charge is 0.292 e. The molecule has 0 saturated carbocycles.